The molecule has 0 spiro atoms. The molecular formula is C16H13FN2S. The first kappa shape index (κ1) is 12.8. The van der Waals surface area contributed by atoms with Crippen molar-refractivity contribution in [2.75, 3.05) is 5.32 Å². The molecule has 0 radical (unpaired) electrons. The Labute approximate surface area is 120 Å². The number of aromatic nitrogens is 1. The van der Waals surface area contributed by atoms with Gasteiger partial charge in [-0.05, 0) is 24.6 Å². The van der Waals surface area contributed by atoms with Gasteiger partial charge in [-0.25, -0.2) is 9.37 Å². The minimum absolute atomic E-state index is 0.263. The largest absolute Gasteiger partial charge is 0.329 e. The lowest BCUT2D eigenvalue weighted by atomic mass is 10.2. The lowest BCUT2D eigenvalue weighted by molar-refractivity contribution is 0.630. The Morgan fingerprint density at radius 1 is 1.10 bits per heavy atom. The molecule has 20 heavy (non-hydrogen) atoms. The van der Waals surface area contributed by atoms with Crippen molar-refractivity contribution in [3.05, 3.63) is 65.3 Å². The van der Waals surface area contributed by atoms with Gasteiger partial charge in [-0.1, -0.05) is 36.4 Å². The van der Waals surface area contributed by atoms with E-state index in [0.717, 1.165) is 16.8 Å². The molecule has 1 aromatic heterocycles. The van der Waals surface area contributed by atoms with E-state index >= 15 is 0 Å². The van der Waals surface area contributed by atoms with Gasteiger partial charge in [0.25, 0.3) is 0 Å². The van der Waals surface area contributed by atoms with Crippen molar-refractivity contribution in [3.63, 3.8) is 0 Å². The van der Waals surface area contributed by atoms with Crippen LogP contribution in [0.4, 0.5) is 15.2 Å². The molecule has 0 saturated carbocycles. The highest BCUT2D eigenvalue weighted by molar-refractivity contribution is 7.14. The lowest BCUT2D eigenvalue weighted by Crippen LogP contribution is -1.93. The van der Waals surface area contributed by atoms with Crippen LogP contribution in [0.25, 0.3) is 11.3 Å². The van der Waals surface area contributed by atoms with Gasteiger partial charge in [0.1, 0.15) is 5.82 Å². The van der Waals surface area contributed by atoms with Crippen molar-refractivity contribution in [2.45, 2.75) is 6.92 Å². The third kappa shape index (κ3) is 2.70. The second-order valence-corrected chi connectivity index (χ2v) is 5.37. The van der Waals surface area contributed by atoms with Crippen LogP contribution in [-0.4, -0.2) is 4.98 Å². The maximum atomic E-state index is 13.8. The SMILES string of the molecule is Cc1ccc(Nc2nc(-c3ccccc3)cs2)c(F)c1. The number of anilines is 2. The highest BCUT2D eigenvalue weighted by atomic mass is 32.1. The summed E-state index contributed by atoms with van der Waals surface area (Å²) in [7, 11) is 0. The Bertz CT molecular complexity index is 722. The average Bonchev–Trinajstić information content (AvgIpc) is 2.92. The molecule has 2 nitrogen and oxygen atoms in total. The first-order valence-corrected chi connectivity index (χ1v) is 7.14. The van der Waals surface area contributed by atoms with Crippen LogP contribution in [0.1, 0.15) is 5.56 Å². The van der Waals surface area contributed by atoms with Crippen molar-refractivity contribution < 1.29 is 4.39 Å². The van der Waals surface area contributed by atoms with Gasteiger partial charge in [0, 0.05) is 10.9 Å². The molecule has 0 aliphatic rings. The second kappa shape index (κ2) is 5.43. The predicted molar refractivity (Wildman–Crippen MR) is 82.0 cm³/mol. The van der Waals surface area contributed by atoms with Crippen molar-refractivity contribution in [2.24, 2.45) is 0 Å². The third-order valence-corrected chi connectivity index (χ3v) is 3.70. The van der Waals surface area contributed by atoms with Crippen molar-refractivity contribution in [3.8, 4) is 11.3 Å². The smallest absolute Gasteiger partial charge is 0.187 e. The topological polar surface area (TPSA) is 24.9 Å². The van der Waals surface area contributed by atoms with Crippen molar-refractivity contribution >= 4 is 22.2 Å². The number of nitrogens with zero attached hydrogens (tertiary/aromatic N) is 1. The summed E-state index contributed by atoms with van der Waals surface area (Å²) >= 11 is 1.46. The van der Waals surface area contributed by atoms with Crippen LogP contribution in [0.15, 0.2) is 53.9 Å². The number of aryl methyl sites for hydroxylation is 1. The van der Waals surface area contributed by atoms with Gasteiger partial charge < -0.3 is 5.32 Å². The maximum Gasteiger partial charge on any atom is 0.187 e. The van der Waals surface area contributed by atoms with E-state index in [9.17, 15) is 4.39 Å². The zero-order valence-electron chi connectivity index (χ0n) is 10.9. The van der Waals surface area contributed by atoms with Crippen molar-refractivity contribution in [1.82, 2.24) is 4.98 Å². The molecular weight excluding hydrogens is 271 g/mol. The number of rotatable bonds is 3. The fraction of sp³-hybridized carbons (Fsp3) is 0.0625. The molecule has 3 aromatic rings. The summed E-state index contributed by atoms with van der Waals surface area (Å²) in [6, 6.07) is 15.0. The first-order chi connectivity index (χ1) is 9.72. The van der Waals surface area contributed by atoms with Crippen LogP contribution >= 0.6 is 11.3 Å². The second-order valence-electron chi connectivity index (χ2n) is 4.51. The number of benzene rings is 2. The molecule has 0 aliphatic heterocycles. The molecule has 1 N–H and O–H groups in total. The molecule has 3 rings (SSSR count). The molecule has 0 fully saturated rings. The summed E-state index contributed by atoms with van der Waals surface area (Å²) in [5.74, 6) is -0.263. The molecule has 100 valence electrons. The van der Waals surface area contributed by atoms with E-state index in [1.54, 1.807) is 6.07 Å². The van der Waals surface area contributed by atoms with Crippen LogP contribution < -0.4 is 5.32 Å². The first-order valence-electron chi connectivity index (χ1n) is 6.26. The summed E-state index contributed by atoms with van der Waals surface area (Å²) in [4.78, 5) is 4.48. The van der Waals surface area contributed by atoms with E-state index in [4.69, 9.17) is 0 Å². The minimum atomic E-state index is -0.263. The highest BCUT2D eigenvalue weighted by Gasteiger charge is 2.07. The molecule has 1 heterocycles. The Hall–Kier alpha value is -2.20. The van der Waals surface area contributed by atoms with Gasteiger partial charge in [0.15, 0.2) is 5.13 Å². The van der Waals surface area contributed by atoms with Gasteiger partial charge in [0.2, 0.25) is 0 Å². The van der Waals surface area contributed by atoms with E-state index in [0.29, 0.717) is 10.8 Å². The number of thiazole rings is 1. The Morgan fingerprint density at radius 2 is 1.90 bits per heavy atom. The van der Waals surface area contributed by atoms with E-state index in [1.165, 1.54) is 17.4 Å². The van der Waals surface area contributed by atoms with E-state index < -0.39 is 0 Å². The summed E-state index contributed by atoms with van der Waals surface area (Å²) in [6.45, 7) is 1.86. The van der Waals surface area contributed by atoms with E-state index in [2.05, 4.69) is 10.3 Å². The van der Waals surface area contributed by atoms with Gasteiger partial charge in [-0.3, -0.25) is 0 Å². The van der Waals surface area contributed by atoms with E-state index in [1.807, 2.05) is 48.7 Å². The molecule has 0 unspecified atom stereocenters. The normalized spacial score (nSPS) is 10.5. The predicted octanol–water partition coefficient (Wildman–Crippen LogP) is 5.00. The average molecular weight is 284 g/mol. The molecule has 0 saturated heterocycles. The number of hydrogen-bond donors (Lipinski definition) is 1. The summed E-state index contributed by atoms with van der Waals surface area (Å²) < 4.78 is 13.8. The van der Waals surface area contributed by atoms with Crippen LogP contribution in [0.3, 0.4) is 0 Å². The zero-order chi connectivity index (χ0) is 13.9. The Morgan fingerprint density at radius 3 is 2.65 bits per heavy atom. The van der Waals surface area contributed by atoms with Crippen LogP contribution in [0.2, 0.25) is 0 Å². The summed E-state index contributed by atoms with van der Waals surface area (Å²) in [5.41, 5.74) is 3.30. The lowest BCUT2D eigenvalue weighted by Gasteiger charge is -2.04. The van der Waals surface area contributed by atoms with Crippen LogP contribution in [0.5, 0.6) is 0 Å². The van der Waals surface area contributed by atoms with Crippen LogP contribution in [0, 0.1) is 12.7 Å². The maximum absolute atomic E-state index is 13.8. The Balaban J connectivity index is 1.84. The van der Waals surface area contributed by atoms with Gasteiger partial charge >= 0.3 is 0 Å². The molecule has 0 atom stereocenters. The number of halogens is 1. The fourth-order valence-corrected chi connectivity index (χ4v) is 2.64. The van der Waals surface area contributed by atoms with Gasteiger partial charge in [-0.2, -0.15) is 0 Å². The number of nitrogens with one attached hydrogen (secondary N) is 1. The van der Waals surface area contributed by atoms with Gasteiger partial charge in [0.05, 0.1) is 11.4 Å². The third-order valence-electron chi connectivity index (χ3n) is 2.94. The molecule has 0 aliphatic carbocycles. The monoisotopic (exact) mass is 284 g/mol. The number of hydrogen-bond acceptors (Lipinski definition) is 3. The molecule has 0 bridgehead atoms. The quantitative estimate of drug-likeness (QED) is 0.732. The Kier molecular flexibility index (Phi) is 3.48. The van der Waals surface area contributed by atoms with E-state index in [-0.39, 0.29) is 5.82 Å². The van der Waals surface area contributed by atoms with Gasteiger partial charge in [-0.15, -0.1) is 11.3 Å². The van der Waals surface area contributed by atoms with Crippen LogP contribution in [-0.2, 0) is 0 Å². The molecule has 2 aromatic carbocycles. The molecule has 4 heteroatoms. The molecule has 0 amide bonds. The highest BCUT2D eigenvalue weighted by Crippen LogP contribution is 2.28. The van der Waals surface area contributed by atoms with Crippen molar-refractivity contribution in [1.29, 1.82) is 0 Å². The minimum Gasteiger partial charge on any atom is -0.329 e. The summed E-state index contributed by atoms with van der Waals surface area (Å²) in [5, 5.41) is 5.67. The fourth-order valence-electron chi connectivity index (χ4n) is 1.91. The summed E-state index contributed by atoms with van der Waals surface area (Å²) in [6.07, 6.45) is 0. The zero-order valence-corrected chi connectivity index (χ0v) is 11.7. The standard InChI is InChI=1S/C16H13FN2S/c1-11-7-8-14(13(17)9-11)18-16-19-15(10-20-16)12-5-3-2-4-6-12/h2-10H,1H3,(H,18,19).